The van der Waals surface area contributed by atoms with Crippen LogP contribution in [0.1, 0.15) is 17.2 Å². The van der Waals surface area contributed by atoms with Crippen LogP contribution < -0.4 is 0 Å². The molecule has 1 N–H and O–H groups in total. The van der Waals surface area contributed by atoms with E-state index in [0.717, 1.165) is 21.0 Å². The molecule has 0 spiro atoms. The van der Waals surface area contributed by atoms with Gasteiger partial charge < -0.3 is 5.11 Å². The molecule has 1 nitrogen and oxygen atoms in total. The van der Waals surface area contributed by atoms with Gasteiger partial charge in [0.05, 0.1) is 0 Å². The summed E-state index contributed by atoms with van der Waals surface area (Å²) in [5.41, 5.74) is 1.79. The van der Waals surface area contributed by atoms with E-state index in [1.54, 1.807) is 0 Å². The van der Waals surface area contributed by atoms with E-state index in [2.05, 4.69) is 28.1 Å². The number of hydrogen-bond acceptors (Lipinski definition) is 1. The highest BCUT2D eigenvalue weighted by Crippen LogP contribution is 2.34. The van der Waals surface area contributed by atoms with E-state index in [-0.39, 0.29) is 0 Å². The van der Waals surface area contributed by atoms with Crippen molar-refractivity contribution in [2.75, 3.05) is 0 Å². The standard InChI is InChI=1S/C17H13BrO/c18-16-14-9-5-4-6-12(14)10-11-15(16)17(19)13-7-2-1-3-8-13/h1-11,17,19H. The van der Waals surface area contributed by atoms with Gasteiger partial charge in [-0.3, -0.25) is 0 Å². The fraction of sp³-hybridized carbons (Fsp3) is 0.0588. The van der Waals surface area contributed by atoms with Gasteiger partial charge in [-0.25, -0.2) is 0 Å². The van der Waals surface area contributed by atoms with Gasteiger partial charge in [0, 0.05) is 4.47 Å². The van der Waals surface area contributed by atoms with Crippen molar-refractivity contribution in [3.63, 3.8) is 0 Å². The van der Waals surface area contributed by atoms with Gasteiger partial charge in [-0.1, -0.05) is 66.7 Å². The molecule has 19 heavy (non-hydrogen) atoms. The van der Waals surface area contributed by atoms with Crippen LogP contribution in [-0.4, -0.2) is 5.11 Å². The highest BCUT2D eigenvalue weighted by atomic mass is 79.9. The van der Waals surface area contributed by atoms with Crippen molar-refractivity contribution in [3.05, 3.63) is 82.3 Å². The maximum absolute atomic E-state index is 10.5. The van der Waals surface area contributed by atoms with Crippen molar-refractivity contribution in [2.24, 2.45) is 0 Å². The van der Waals surface area contributed by atoms with E-state index in [1.807, 2.05) is 54.6 Å². The first-order chi connectivity index (χ1) is 9.27. The molecular formula is C17H13BrO. The first-order valence-electron chi connectivity index (χ1n) is 6.17. The van der Waals surface area contributed by atoms with Gasteiger partial charge in [0.2, 0.25) is 0 Å². The Morgan fingerprint density at radius 1 is 0.789 bits per heavy atom. The molecule has 94 valence electrons. The van der Waals surface area contributed by atoms with Crippen LogP contribution in [0.3, 0.4) is 0 Å². The summed E-state index contributed by atoms with van der Waals surface area (Å²) < 4.78 is 0.960. The molecule has 0 radical (unpaired) electrons. The lowest BCUT2D eigenvalue weighted by molar-refractivity contribution is 0.219. The zero-order valence-corrected chi connectivity index (χ0v) is 11.8. The lowest BCUT2D eigenvalue weighted by atomic mass is 9.98. The Balaban J connectivity index is 2.13. The van der Waals surface area contributed by atoms with Crippen molar-refractivity contribution in [2.45, 2.75) is 6.10 Å². The monoisotopic (exact) mass is 312 g/mol. The summed E-state index contributed by atoms with van der Waals surface area (Å²) in [6, 6.07) is 21.9. The molecule has 0 heterocycles. The average molecular weight is 313 g/mol. The van der Waals surface area contributed by atoms with Crippen molar-refractivity contribution >= 4 is 26.7 Å². The number of benzene rings is 3. The zero-order chi connectivity index (χ0) is 13.2. The van der Waals surface area contributed by atoms with Crippen molar-refractivity contribution in [3.8, 4) is 0 Å². The van der Waals surface area contributed by atoms with E-state index < -0.39 is 6.10 Å². The molecule has 0 saturated carbocycles. The smallest absolute Gasteiger partial charge is 0.105 e. The van der Waals surface area contributed by atoms with Crippen LogP contribution in [0, 0.1) is 0 Å². The Hall–Kier alpha value is -1.64. The van der Waals surface area contributed by atoms with Crippen molar-refractivity contribution < 1.29 is 5.11 Å². The Kier molecular flexibility index (Phi) is 3.36. The minimum absolute atomic E-state index is 0.611. The number of hydrogen-bond donors (Lipinski definition) is 1. The predicted octanol–water partition coefficient (Wildman–Crippen LogP) is 4.68. The van der Waals surface area contributed by atoms with E-state index in [4.69, 9.17) is 0 Å². The normalized spacial score (nSPS) is 12.5. The Morgan fingerprint density at radius 2 is 1.47 bits per heavy atom. The summed E-state index contributed by atoms with van der Waals surface area (Å²) in [6.45, 7) is 0. The van der Waals surface area contributed by atoms with Crippen LogP contribution in [0.4, 0.5) is 0 Å². The molecular weight excluding hydrogens is 300 g/mol. The maximum Gasteiger partial charge on any atom is 0.105 e. The van der Waals surface area contributed by atoms with Crippen molar-refractivity contribution in [1.29, 1.82) is 0 Å². The van der Waals surface area contributed by atoms with Gasteiger partial charge in [-0.05, 0) is 37.8 Å². The molecule has 0 aromatic heterocycles. The first-order valence-corrected chi connectivity index (χ1v) is 6.97. The second-order valence-corrected chi connectivity index (χ2v) is 5.30. The highest BCUT2D eigenvalue weighted by molar-refractivity contribution is 9.10. The molecule has 3 aromatic carbocycles. The number of rotatable bonds is 2. The van der Waals surface area contributed by atoms with Crippen LogP contribution in [0.5, 0.6) is 0 Å². The second-order valence-electron chi connectivity index (χ2n) is 4.50. The van der Waals surface area contributed by atoms with Crippen LogP contribution >= 0.6 is 15.9 Å². The summed E-state index contributed by atoms with van der Waals surface area (Å²) in [5.74, 6) is 0. The molecule has 0 aliphatic heterocycles. The number of aliphatic hydroxyl groups excluding tert-OH is 1. The Labute approximate surface area is 120 Å². The summed E-state index contributed by atoms with van der Waals surface area (Å²) in [5, 5.41) is 12.8. The summed E-state index contributed by atoms with van der Waals surface area (Å²) in [6.07, 6.45) is -0.611. The van der Waals surface area contributed by atoms with E-state index in [9.17, 15) is 5.11 Å². The van der Waals surface area contributed by atoms with Crippen LogP contribution in [-0.2, 0) is 0 Å². The van der Waals surface area contributed by atoms with Crippen LogP contribution in [0.15, 0.2) is 71.2 Å². The molecule has 0 fully saturated rings. The molecule has 3 aromatic rings. The fourth-order valence-corrected chi connectivity index (χ4v) is 2.99. The summed E-state index contributed by atoms with van der Waals surface area (Å²) in [4.78, 5) is 0. The molecule has 1 unspecified atom stereocenters. The SMILES string of the molecule is OC(c1ccccc1)c1ccc2ccccc2c1Br. The van der Waals surface area contributed by atoms with Gasteiger partial charge in [-0.2, -0.15) is 0 Å². The van der Waals surface area contributed by atoms with Gasteiger partial charge >= 0.3 is 0 Å². The lowest BCUT2D eigenvalue weighted by Gasteiger charge is -2.15. The molecule has 0 bridgehead atoms. The third-order valence-corrected chi connectivity index (χ3v) is 4.19. The molecule has 3 rings (SSSR count). The minimum atomic E-state index is -0.611. The Bertz CT molecular complexity index is 707. The van der Waals surface area contributed by atoms with Gasteiger partial charge in [-0.15, -0.1) is 0 Å². The molecule has 0 aliphatic rings. The first kappa shape index (κ1) is 12.4. The molecule has 0 saturated heterocycles. The third kappa shape index (κ3) is 2.29. The Morgan fingerprint density at radius 3 is 2.26 bits per heavy atom. The third-order valence-electron chi connectivity index (χ3n) is 3.30. The van der Waals surface area contributed by atoms with Crippen LogP contribution in [0.25, 0.3) is 10.8 Å². The van der Waals surface area contributed by atoms with Gasteiger partial charge in [0.15, 0.2) is 0 Å². The molecule has 0 aliphatic carbocycles. The summed E-state index contributed by atoms with van der Waals surface area (Å²) in [7, 11) is 0. The largest absolute Gasteiger partial charge is 0.384 e. The maximum atomic E-state index is 10.5. The fourth-order valence-electron chi connectivity index (χ4n) is 2.28. The quantitative estimate of drug-likeness (QED) is 0.728. The second kappa shape index (κ2) is 5.16. The topological polar surface area (TPSA) is 20.2 Å². The molecule has 0 amide bonds. The number of halogens is 1. The van der Waals surface area contributed by atoms with Gasteiger partial charge in [0.25, 0.3) is 0 Å². The number of aliphatic hydroxyl groups is 1. The molecule has 2 heteroatoms. The average Bonchev–Trinajstić information content (AvgIpc) is 2.48. The number of fused-ring (bicyclic) bond motifs is 1. The lowest BCUT2D eigenvalue weighted by Crippen LogP contribution is -2.00. The van der Waals surface area contributed by atoms with E-state index in [0.29, 0.717) is 0 Å². The zero-order valence-electron chi connectivity index (χ0n) is 10.3. The summed E-state index contributed by atoms with van der Waals surface area (Å²) >= 11 is 3.62. The minimum Gasteiger partial charge on any atom is -0.384 e. The predicted molar refractivity (Wildman–Crippen MR) is 82.2 cm³/mol. The molecule has 1 atom stereocenters. The van der Waals surface area contributed by atoms with E-state index in [1.165, 1.54) is 5.39 Å². The highest BCUT2D eigenvalue weighted by Gasteiger charge is 2.14. The van der Waals surface area contributed by atoms with Crippen molar-refractivity contribution in [1.82, 2.24) is 0 Å². The van der Waals surface area contributed by atoms with Gasteiger partial charge in [0.1, 0.15) is 6.10 Å². The van der Waals surface area contributed by atoms with E-state index >= 15 is 0 Å². The van der Waals surface area contributed by atoms with Crippen LogP contribution in [0.2, 0.25) is 0 Å².